The van der Waals surface area contributed by atoms with Crippen LogP contribution < -0.4 is 9.47 Å². The van der Waals surface area contributed by atoms with E-state index < -0.39 is 0 Å². The molecule has 0 radical (unpaired) electrons. The molecule has 21 heavy (non-hydrogen) atoms. The molecule has 0 saturated heterocycles. The van der Waals surface area contributed by atoms with Gasteiger partial charge in [-0.1, -0.05) is 37.3 Å². The first-order valence-electron chi connectivity index (χ1n) is 7.19. The lowest BCUT2D eigenvalue weighted by Crippen LogP contribution is -2.08. The van der Waals surface area contributed by atoms with Crippen molar-refractivity contribution in [1.82, 2.24) is 0 Å². The molecule has 3 heteroatoms. The Kier molecular flexibility index (Phi) is 3.91. The fraction of sp³-hybridized carbons (Fsp3) is 0.278. The van der Waals surface area contributed by atoms with Crippen molar-refractivity contribution in [3.63, 3.8) is 0 Å². The van der Waals surface area contributed by atoms with E-state index in [4.69, 9.17) is 9.47 Å². The maximum Gasteiger partial charge on any atom is 0.231 e. The lowest BCUT2D eigenvalue weighted by molar-refractivity contribution is 0.0964. The highest BCUT2D eigenvalue weighted by atomic mass is 16.7. The molecule has 0 bridgehead atoms. The van der Waals surface area contributed by atoms with E-state index >= 15 is 0 Å². The quantitative estimate of drug-likeness (QED) is 0.781. The first-order chi connectivity index (χ1) is 10.2. The largest absolute Gasteiger partial charge is 0.454 e. The van der Waals surface area contributed by atoms with Gasteiger partial charge in [0.2, 0.25) is 6.79 Å². The molecule has 0 aromatic heterocycles. The lowest BCUT2D eigenvalue weighted by atomic mass is 9.93. The lowest BCUT2D eigenvalue weighted by Gasteiger charge is -2.11. The van der Waals surface area contributed by atoms with Gasteiger partial charge in [0, 0.05) is 12.0 Å². The van der Waals surface area contributed by atoms with Crippen molar-refractivity contribution >= 4 is 5.78 Å². The molecular weight excluding hydrogens is 264 g/mol. The average molecular weight is 282 g/mol. The molecule has 1 aliphatic rings. The van der Waals surface area contributed by atoms with Crippen molar-refractivity contribution in [3.05, 3.63) is 59.7 Å². The van der Waals surface area contributed by atoms with Gasteiger partial charge in [0.15, 0.2) is 17.3 Å². The minimum Gasteiger partial charge on any atom is -0.454 e. The minimum atomic E-state index is 0.150. The summed E-state index contributed by atoms with van der Waals surface area (Å²) in [6.45, 7) is 2.34. The van der Waals surface area contributed by atoms with E-state index in [1.807, 2.05) is 24.3 Å². The summed E-state index contributed by atoms with van der Waals surface area (Å²) in [5.41, 5.74) is 1.96. The van der Waals surface area contributed by atoms with Crippen LogP contribution in [-0.2, 0) is 6.42 Å². The second-order valence-corrected chi connectivity index (χ2v) is 5.49. The zero-order chi connectivity index (χ0) is 14.7. The Bertz CT molecular complexity index is 634. The molecular formula is C18H18O3. The highest BCUT2D eigenvalue weighted by molar-refractivity contribution is 5.96. The van der Waals surface area contributed by atoms with E-state index in [1.54, 1.807) is 12.1 Å². The van der Waals surface area contributed by atoms with Crippen molar-refractivity contribution in [2.45, 2.75) is 19.8 Å². The Morgan fingerprint density at radius 2 is 1.86 bits per heavy atom. The number of fused-ring (bicyclic) bond motifs is 1. The Balaban J connectivity index is 1.63. The van der Waals surface area contributed by atoms with E-state index in [1.165, 1.54) is 5.56 Å². The summed E-state index contributed by atoms with van der Waals surface area (Å²) in [6.07, 6.45) is 1.45. The van der Waals surface area contributed by atoms with Gasteiger partial charge in [0.05, 0.1) is 0 Å². The number of hydrogen-bond acceptors (Lipinski definition) is 3. The fourth-order valence-corrected chi connectivity index (χ4v) is 2.59. The van der Waals surface area contributed by atoms with Gasteiger partial charge in [0.1, 0.15) is 0 Å². The normalized spacial score (nSPS) is 14.0. The van der Waals surface area contributed by atoms with Crippen LogP contribution in [0.5, 0.6) is 11.5 Å². The molecule has 0 spiro atoms. The minimum absolute atomic E-state index is 0.150. The van der Waals surface area contributed by atoms with Gasteiger partial charge in [-0.2, -0.15) is 0 Å². The monoisotopic (exact) mass is 282 g/mol. The van der Waals surface area contributed by atoms with Gasteiger partial charge in [-0.05, 0) is 36.1 Å². The van der Waals surface area contributed by atoms with Gasteiger partial charge < -0.3 is 9.47 Å². The Morgan fingerprint density at radius 3 is 2.67 bits per heavy atom. The first-order valence-corrected chi connectivity index (χ1v) is 7.19. The highest BCUT2D eigenvalue weighted by Gasteiger charge is 2.17. The number of carbonyl (C=O) groups excluding carboxylic acids is 1. The topological polar surface area (TPSA) is 35.5 Å². The standard InChI is InChI=1S/C18H18O3/c1-13(9-14-5-3-2-4-6-14)10-16(19)15-7-8-17-18(11-15)21-12-20-17/h2-8,11,13H,9-10,12H2,1H3. The van der Waals surface area contributed by atoms with Crippen molar-refractivity contribution in [2.24, 2.45) is 5.92 Å². The summed E-state index contributed by atoms with van der Waals surface area (Å²) in [4.78, 5) is 12.3. The summed E-state index contributed by atoms with van der Waals surface area (Å²) in [5.74, 6) is 1.84. The van der Waals surface area contributed by atoms with Crippen molar-refractivity contribution in [1.29, 1.82) is 0 Å². The Morgan fingerprint density at radius 1 is 1.10 bits per heavy atom. The van der Waals surface area contributed by atoms with E-state index in [0.29, 0.717) is 29.4 Å². The molecule has 1 unspecified atom stereocenters. The molecule has 0 aliphatic carbocycles. The molecule has 1 heterocycles. The van der Waals surface area contributed by atoms with Crippen LogP contribution in [0, 0.1) is 5.92 Å². The summed E-state index contributed by atoms with van der Waals surface area (Å²) in [6, 6.07) is 15.7. The number of Topliss-reactive ketones (excluding diaryl/α,β-unsaturated/α-hetero) is 1. The van der Waals surface area contributed by atoms with E-state index in [9.17, 15) is 4.79 Å². The smallest absolute Gasteiger partial charge is 0.231 e. The predicted molar refractivity (Wildman–Crippen MR) is 80.8 cm³/mol. The van der Waals surface area contributed by atoms with Gasteiger partial charge >= 0.3 is 0 Å². The van der Waals surface area contributed by atoms with E-state index in [0.717, 1.165) is 6.42 Å². The van der Waals surface area contributed by atoms with Gasteiger partial charge in [-0.15, -0.1) is 0 Å². The summed E-state index contributed by atoms with van der Waals surface area (Å²) >= 11 is 0. The van der Waals surface area contributed by atoms with Crippen LogP contribution in [0.2, 0.25) is 0 Å². The summed E-state index contributed by atoms with van der Waals surface area (Å²) in [7, 11) is 0. The Hall–Kier alpha value is -2.29. The van der Waals surface area contributed by atoms with Crippen LogP contribution in [0.3, 0.4) is 0 Å². The third-order valence-electron chi connectivity index (χ3n) is 3.66. The van der Waals surface area contributed by atoms with Crippen molar-refractivity contribution in [2.75, 3.05) is 6.79 Å². The van der Waals surface area contributed by atoms with Crippen LogP contribution >= 0.6 is 0 Å². The third kappa shape index (κ3) is 3.24. The maximum atomic E-state index is 12.3. The molecule has 1 aliphatic heterocycles. The SMILES string of the molecule is CC(CC(=O)c1ccc2c(c1)OCO2)Cc1ccccc1. The molecule has 3 nitrogen and oxygen atoms in total. The number of carbonyl (C=O) groups is 1. The third-order valence-corrected chi connectivity index (χ3v) is 3.66. The molecule has 0 amide bonds. The maximum absolute atomic E-state index is 12.3. The summed E-state index contributed by atoms with van der Waals surface area (Å²) in [5, 5.41) is 0. The predicted octanol–water partition coefficient (Wildman–Crippen LogP) is 3.87. The summed E-state index contributed by atoms with van der Waals surface area (Å²) < 4.78 is 10.6. The number of hydrogen-bond donors (Lipinski definition) is 0. The van der Waals surface area contributed by atoms with E-state index in [-0.39, 0.29) is 12.6 Å². The highest BCUT2D eigenvalue weighted by Crippen LogP contribution is 2.33. The van der Waals surface area contributed by atoms with Gasteiger partial charge in [0.25, 0.3) is 0 Å². The number of rotatable bonds is 5. The Labute approximate surface area is 124 Å². The molecule has 3 rings (SSSR count). The van der Waals surface area contributed by atoms with Crippen LogP contribution in [0.25, 0.3) is 0 Å². The molecule has 0 fully saturated rings. The number of ether oxygens (including phenoxy) is 2. The zero-order valence-electron chi connectivity index (χ0n) is 12.0. The number of benzene rings is 2. The van der Waals surface area contributed by atoms with E-state index in [2.05, 4.69) is 19.1 Å². The van der Waals surface area contributed by atoms with Crippen LogP contribution in [0.1, 0.15) is 29.3 Å². The fourth-order valence-electron chi connectivity index (χ4n) is 2.59. The molecule has 0 saturated carbocycles. The van der Waals surface area contributed by atoms with Crippen LogP contribution in [0.4, 0.5) is 0 Å². The van der Waals surface area contributed by atoms with Crippen LogP contribution in [-0.4, -0.2) is 12.6 Å². The second kappa shape index (κ2) is 6.00. The average Bonchev–Trinajstić information content (AvgIpc) is 2.95. The molecule has 108 valence electrons. The van der Waals surface area contributed by atoms with Crippen molar-refractivity contribution < 1.29 is 14.3 Å². The van der Waals surface area contributed by atoms with Gasteiger partial charge in [-0.25, -0.2) is 0 Å². The molecule has 0 N–H and O–H groups in total. The van der Waals surface area contributed by atoms with Crippen molar-refractivity contribution in [3.8, 4) is 11.5 Å². The van der Waals surface area contributed by atoms with Gasteiger partial charge in [-0.3, -0.25) is 4.79 Å². The molecule has 2 aromatic rings. The number of ketones is 1. The molecule has 1 atom stereocenters. The molecule has 2 aromatic carbocycles. The second-order valence-electron chi connectivity index (χ2n) is 5.49. The zero-order valence-corrected chi connectivity index (χ0v) is 12.0. The van der Waals surface area contributed by atoms with Crippen LogP contribution in [0.15, 0.2) is 48.5 Å². The first kappa shape index (κ1) is 13.7.